The SMILES string of the molecule is O=COc1ccnc(-c2cc(OC=O)cc(-c3cc(-c4ccc(N(c5ccc(N(c6ccccc6)c6ccccc6)cc5)c5ccc(N(c6ccccc6)c6ccccc6)cc5)s4)ccn3)n2)c1. The normalized spacial score (nSPS) is 10.8. The van der Waals surface area contributed by atoms with Gasteiger partial charge in [-0.2, -0.15) is 0 Å². The number of para-hydroxylation sites is 4. The van der Waals surface area contributed by atoms with Crippen molar-refractivity contribution in [1.82, 2.24) is 15.0 Å². The second kappa shape index (κ2) is 19.9. The van der Waals surface area contributed by atoms with Crippen LogP contribution in [0.3, 0.4) is 0 Å². The Labute approximate surface area is 397 Å². The number of anilines is 9. The number of carbonyl (C=O) groups is 2. The van der Waals surface area contributed by atoms with Crippen molar-refractivity contribution < 1.29 is 19.1 Å². The Morgan fingerprint density at radius 3 is 1.21 bits per heavy atom. The number of nitrogens with zero attached hydrogens (tertiary/aromatic N) is 6. The van der Waals surface area contributed by atoms with Gasteiger partial charge in [0.25, 0.3) is 12.9 Å². The molecule has 0 fully saturated rings. The van der Waals surface area contributed by atoms with E-state index in [1.165, 1.54) is 6.20 Å². The van der Waals surface area contributed by atoms with Crippen molar-refractivity contribution >= 4 is 74.8 Å². The number of aromatic nitrogens is 3. The van der Waals surface area contributed by atoms with Crippen molar-refractivity contribution in [3.63, 3.8) is 0 Å². The number of hydrogen-bond acceptors (Lipinski definition) is 11. The highest BCUT2D eigenvalue weighted by Gasteiger charge is 2.20. The highest BCUT2D eigenvalue weighted by Crippen LogP contribution is 2.45. The third kappa shape index (κ3) is 9.32. The summed E-state index contributed by atoms with van der Waals surface area (Å²) in [5.74, 6) is 0.556. The zero-order valence-electron chi connectivity index (χ0n) is 36.3. The van der Waals surface area contributed by atoms with E-state index in [1.807, 2.05) is 36.4 Å². The summed E-state index contributed by atoms with van der Waals surface area (Å²) in [5.41, 5.74) is 11.0. The minimum Gasteiger partial charge on any atom is -0.429 e. The minimum atomic E-state index is 0.258. The molecule has 0 spiro atoms. The quantitative estimate of drug-likeness (QED) is 0.0871. The van der Waals surface area contributed by atoms with Gasteiger partial charge in [0, 0.05) is 81.0 Å². The van der Waals surface area contributed by atoms with E-state index in [1.54, 1.807) is 41.8 Å². The number of pyridine rings is 3. The van der Waals surface area contributed by atoms with Crippen LogP contribution in [0.25, 0.3) is 33.2 Å². The zero-order chi connectivity index (χ0) is 46.1. The Morgan fingerprint density at radius 2 is 0.750 bits per heavy atom. The molecular formula is C57H40N6O4S. The Morgan fingerprint density at radius 1 is 0.368 bits per heavy atom. The summed E-state index contributed by atoms with van der Waals surface area (Å²) < 4.78 is 10.3. The van der Waals surface area contributed by atoms with Crippen LogP contribution in [0.1, 0.15) is 0 Å². The molecule has 68 heavy (non-hydrogen) atoms. The third-order valence-corrected chi connectivity index (χ3v) is 12.2. The van der Waals surface area contributed by atoms with Crippen molar-refractivity contribution in [3.8, 4) is 44.7 Å². The maximum atomic E-state index is 11.5. The second-order valence-corrected chi connectivity index (χ2v) is 16.4. The molecule has 4 aromatic heterocycles. The van der Waals surface area contributed by atoms with Crippen molar-refractivity contribution in [2.45, 2.75) is 0 Å². The molecule has 0 atom stereocenters. The summed E-state index contributed by atoms with van der Waals surface area (Å²) >= 11 is 1.65. The highest BCUT2D eigenvalue weighted by molar-refractivity contribution is 7.19. The van der Waals surface area contributed by atoms with Crippen LogP contribution >= 0.6 is 11.3 Å². The molecule has 0 N–H and O–H groups in total. The molecule has 0 radical (unpaired) electrons. The topological polar surface area (TPSA) is 101 Å². The molecule has 328 valence electrons. The highest BCUT2D eigenvalue weighted by atomic mass is 32.1. The second-order valence-electron chi connectivity index (χ2n) is 15.3. The van der Waals surface area contributed by atoms with Gasteiger partial charge in [-0.3, -0.25) is 19.6 Å². The number of rotatable bonds is 16. The predicted octanol–water partition coefficient (Wildman–Crippen LogP) is 14.4. The molecule has 0 saturated heterocycles. The molecule has 0 aliphatic carbocycles. The zero-order valence-corrected chi connectivity index (χ0v) is 37.1. The van der Waals surface area contributed by atoms with Crippen molar-refractivity contribution in [2.75, 3.05) is 14.7 Å². The van der Waals surface area contributed by atoms with Crippen LogP contribution in [0, 0.1) is 0 Å². The van der Waals surface area contributed by atoms with Crippen molar-refractivity contribution in [2.24, 2.45) is 0 Å². The molecule has 0 amide bonds. The Bertz CT molecular complexity index is 3080. The van der Waals surface area contributed by atoms with E-state index in [-0.39, 0.29) is 5.75 Å². The first-order valence-electron chi connectivity index (χ1n) is 21.7. The van der Waals surface area contributed by atoms with E-state index in [4.69, 9.17) is 14.5 Å². The van der Waals surface area contributed by atoms with E-state index in [0.717, 1.165) is 60.9 Å². The summed E-state index contributed by atoms with van der Waals surface area (Å²) in [4.78, 5) is 44.3. The lowest BCUT2D eigenvalue weighted by Gasteiger charge is -2.28. The van der Waals surface area contributed by atoms with Gasteiger partial charge in [-0.05, 0) is 133 Å². The first kappa shape index (κ1) is 42.7. The Kier molecular flexibility index (Phi) is 12.5. The van der Waals surface area contributed by atoms with Crippen molar-refractivity contribution in [3.05, 3.63) is 231 Å². The molecule has 10 nitrogen and oxygen atoms in total. The average Bonchev–Trinajstić information content (AvgIpc) is 3.89. The minimum absolute atomic E-state index is 0.258. The lowest BCUT2D eigenvalue weighted by molar-refractivity contribution is -0.121. The third-order valence-electron chi connectivity index (χ3n) is 11.1. The monoisotopic (exact) mass is 904 g/mol. The number of carbonyl (C=O) groups excluding carboxylic acids is 2. The summed E-state index contributed by atoms with van der Waals surface area (Å²) in [6.07, 6.45) is 3.25. The van der Waals surface area contributed by atoms with Gasteiger partial charge in [0.2, 0.25) is 0 Å². The average molecular weight is 905 g/mol. The Balaban J connectivity index is 1.03. The van der Waals surface area contributed by atoms with Gasteiger partial charge < -0.3 is 24.2 Å². The lowest BCUT2D eigenvalue weighted by Crippen LogP contribution is -2.12. The molecule has 4 heterocycles. The Hall–Kier alpha value is -9.19. The van der Waals surface area contributed by atoms with Crippen LogP contribution in [-0.2, 0) is 9.59 Å². The van der Waals surface area contributed by atoms with Gasteiger partial charge in [0.15, 0.2) is 0 Å². The molecule has 10 aromatic rings. The number of hydrogen-bond donors (Lipinski definition) is 0. The maximum Gasteiger partial charge on any atom is 0.298 e. The van der Waals surface area contributed by atoms with Gasteiger partial charge in [-0.15, -0.1) is 11.3 Å². The summed E-state index contributed by atoms with van der Waals surface area (Å²) in [6.45, 7) is 0.705. The number of thiophene rings is 1. The molecule has 0 bridgehead atoms. The van der Waals surface area contributed by atoms with Crippen molar-refractivity contribution in [1.29, 1.82) is 0 Å². The fourth-order valence-electron chi connectivity index (χ4n) is 8.01. The molecular weight excluding hydrogens is 865 g/mol. The number of benzene rings is 6. The smallest absolute Gasteiger partial charge is 0.298 e. The van der Waals surface area contributed by atoms with Gasteiger partial charge in [0.05, 0.1) is 22.8 Å². The molecule has 0 aliphatic heterocycles. The lowest BCUT2D eigenvalue weighted by atomic mass is 10.1. The predicted molar refractivity (Wildman–Crippen MR) is 271 cm³/mol. The van der Waals surface area contributed by atoms with E-state index >= 15 is 0 Å². The summed E-state index contributed by atoms with van der Waals surface area (Å²) in [5, 5.41) is 0.995. The van der Waals surface area contributed by atoms with Crippen LogP contribution in [-0.4, -0.2) is 27.9 Å². The van der Waals surface area contributed by atoms with Gasteiger partial charge in [0.1, 0.15) is 16.5 Å². The molecule has 0 unspecified atom stereocenters. The molecule has 0 saturated carbocycles. The molecule has 10 rings (SSSR count). The molecule has 0 aliphatic rings. The van der Waals surface area contributed by atoms with Crippen LogP contribution in [0.2, 0.25) is 0 Å². The van der Waals surface area contributed by atoms with Gasteiger partial charge in [-0.1, -0.05) is 72.8 Å². The first-order valence-corrected chi connectivity index (χ1v) is 22.5. The van der Waals surface area contributed by atoms with Crippen LogP contribution < -0.4 is 24.2 Å². The maximum absolute atomic E-state index is 11.5. The van der Waals surface area contributed by atoms with E-state index < -0.39 is 0 Å². The fraction of sp³-hybridized carbons (Fsp3) is 0. The van der Waals surface area contributed by atoms with Crippen LogP contribution in [0.4, 0.5) is 50.5 Å². The fourth-order valence-corrected chi connectivity index (χ4v) is 9.05. The van der Waals surface area contributed by atoms with Gasteiger partial charge in [-0.25, -0.2) is 4.98 Å². The van der Waals surface area contributed by atoms with Crippen LogP contribution in [0.5, 0.6) is 11.5 Å². The molecule has 6 aromatic carbocycles. The van der Waals surface area contributed by atoms with E-state index in [9.17, 15) is 9.59 Å². The molecule has 11 heteroatoms. The summed E-state index contributed by atoms with van der Waals surface area (Å²) in [7, 11) is 0. The summed E-state index contributed by atoms with van der Waals surface area (Å²) in [6, 6.07) is 73.4. The van der Waals surface area contributed by atoms with E-state index in [2.05, 4.69) is 182 Å². The first-order chi connectivity index (χ1) is 33.6. The standard InChI is InChI=1S/C57H40N6O4S/c64-39-66-50-32-34-59-53(36-50)55-38-51(67-40-65)37-54(60-55)52-35-41(31-33-58-52)56-29-30-57(68-56)63(48-25-21-46(22-26-48)61(42-13-5-1-6-14-42)43-15-7-2-8-16-43)49-27-23-47(24-28-49)62(44-17-9-3-10-18-44)45-19-11-4-12-20-45/h1-40H. The largest absolute Gasteiger partial charge is 0.429 e. The number of ether oxygens (including phenoxy) is 2. The van der Waals surface area contributed by atoms with Gasteiger partial charge >= 0.3 is 0 Å². The van der Waals surface area contributed by atoms with Crippen LogP contribution in [0.15, 0.2) is 231 Å². The van der Waals surface area contributed by atoms with E-state index in [0.29, 0.717) is 41.5 Å².